The van der Waals surface area contributed by atoms with Crippen LogP contribution < -0.4 is 10.4 Å². The van der Waals surface area contributed by atoms with E-state index in [2.05, 4.69) is 105 Å². The van der Waals surface area contributed by atoms with E-state index in [9.17, 15) is 0 Å². The van der Waals surface area contributed by atoms with Crippen LogP contribution in [0.2, 0.25) is 13.1 Å². The van der Waals surface area contributed by atoms with Crippen molar-refractivity contribution < 1.29 is 0 Å². The van der Waals surface area contributed by atoms with Crippen molar-refractivity contribution in [3.63, 3.8) is 0 Å². The lowest BCUT2D eigenvalue weighted by atomic mass is 9.81. The first-order chi connectivity index (χ1) is 15.1. The first-order valence-electron chi connectivity index (χ1n) is 11.2. The van der Waals surface area contributed by atoms with Crippen LogP contribution in [0, 0.1) is 5.92 Å². The molecule has 1 unspecified atom stereocenters. The molecule has 0 aliphatic carbocycles. The molecular formula is C29H26SSi. The molecule has 0 bridgehead atoms. The smallest absolute Gasteiger partial charge is 0.113 e. The van der Waals surface area contributed by atoms with Gasteiger partial charge in [-0.3, -0.25) is 0 Å². The molecule has 6 rings (SSSR count). The summed E-state index contributed by atoms with van der Waals surface area (Å²) < 4.78 is 0. The lowest BCUT2D eigenvalue weighted by Crippen LogP contribution is -2.58. The second kappa shape index (κ2) is 6.98. The summed E-state index contributed by atoms with van der Waals surface area (Å²) in [6.45, 7) is 7.44. The summed E-state index contributed by atoms with van der Waals surface area (Å²) >= 11 is 2.02. The third kappa shape index (κ3) is 2.75. The van der Waals surface area contributed by atoms with Crippen molar-refractivity contribution in [2.45, 2.75) is 24.9 Å². The highest BCUT2D eigenvalue weighted by atomic mass is 32.2. The predicted octanol–water partition coefficient (Wildman–Crippen LogP) is 6.68. The molecule has 0 radical (unpaired) electrons. The SMILES string of the molecule is CC1CSc2ccc3ccccc3c2C1=C1c2ccccc2[Si](C)(C)c2ccccc21. The fourth-order valence-corrected chi connectivity index (χ4v) is 9.84. The summed E-state index contributed by atoms with van der Waals surface area (Å²) in [5.41, 5.74) is 7.40. The summed E-state index contributed by atoms with van der Waals surface area (Å²) in [7, 11) is -1.74. The largest absolute Gasteiger partial charge is 0.125 e. The molecule has 0 spiro atoms. The molecule has 4 aromatic carbocycles. The van der Waals surface area contributed by atoms with E-state index in [-0.39, 0.29) is 0 Å². The minimum atomic E-state index is -1.74. The van der Waals surface area contributed by atoms with Gasteiger partial charge < -0.3 is 0 Å². The number of hydrogen-bond acceptors (Lipinski definition) is 1. The molecule has 2 aliphatic heterocycles. The highest BCUT2D eigenvalue weighted by molar-refractivity contribution is 7.99. The van der Waals surface area contributed by atoms with Gasteiger partial charge in [0.2, 0.25) is 0 Å². The molecule has 0 amide bonds. The maximum absolute atomic E-state index is 2.51. The molecule has 4 aromatic rings. The summed E-state index contributed by atoms with van der Waals surface area (Å²) in [4.78, 5) is 1.43. The number of hydrogen-bond donors (Lipinski definition) is 0. The Bertz CT molecular complexity index is 1330. The molecule has 0 saturated carbocycles. The van der Waals surface area contributed by atoms with Crippen LogP contribution in [-0.2, 0) is 0 Å². The number of thioether (sulfide) groups is 1. The maximum Gasteiger partial charge on any atom is 0.113 e. The molecule has 1 atom stereocenters. The van der Waals surface area contributed by atoms with E-state index < -0.39 is 8.07 Å². The Labute approximate surface area is 190 Å². The molecule has 2 heteroatoms. The van der Waals surface area contributed by atoms with Gasteiger partial charge in [-0.15, -0.1) is 11.8 Å². The molecule has 152 valence electrons. The van der Waals surface area contributed by atoms with Gasteiger partial charge in [0.25, 0.3) is 0 Å². The van der Waals surface area contributed by atoms with Crippen LogP contribution >= 0.6 is 11.8 Å². The van der Waals surface area contributed by atoms with E-state index in [0.717, 1.165) is 5.75 Å². The second-order valence-corrected chi connectivity index (χ2v) is 14.8. The van der Waals surface area contributed by atoms with Gasteiger partial charge in [-0.2, -0.15) is 0 Å². The predicted molar refractivity (Wildman–Crippen MR) is 139 cm³/mol. The Morgan fingerprint density at radius 3 is 2.06 bits per heavy atom. The van der Waals surface area contributed by atoms with Gasteiger partial charge in [-0.1, -0.05) is 98.9 Å². The zero-order valence-corrected chi connectivity index (χ0v) is 20.1. The van der Waals surface area contributed by atoms with E-state index in [1.807, 2.05) is 11.8 Å². The molecule has 0 fully saturated rings. The van der Waals surface area contributed by atoms with E-state index in [1.54, 1.807) is 10.4 Å². The topological polar surface area (TPSA) is 0 Å². The third-order valence-electron chi connectivity index (χ3n) is 7.15. The average Bonchev–Trinajstić information content (AvgIpc) is 2.80. The third-order valence-corrected chi connectivity index (χ3v) is 12.0. The average molecular weight is 435 g/mol. The van der Waals surface area contributed by atoms with Crippen molar-refractivity contribution in [1.29, 1.82) is 0 Å². The van der Waals surface area contributed by atoms with Crippen LogP contribution in [-0.4, -0.2) is 13.8 Å². The Hall–Kier alpha value is -2.55. The molecule has 2 aliphatic rings. The van der Waals surface area contributed by atoms with Gasteiger partial charge in [-0.25, -0.2) is 0 Å². The number of benzene rings is 4. The van der Waals surface area contributed by atoms with Crippen molar-refractivity contribution in [3.05, 3.63) is 102 Å². The van der Waals surface area contributed by atoms with Gasteiger partial charge in [0.15, 0.2) is 0 Å². The van der Waals surface area contributed by atoms with E-state index >= 15 is 0 Å². The van der Waals surface area contributed by atoms with Crippen molar-refractivity contribution in [2.75, 3.05) is 5.75 Å². The molecule has 0 saturated heterocycles. The van der Waals surface area contributed by atoms with Crippen LogP contribution in [0.4, 0.5) is 0 Å². The van der Waals surface area contributed by atoms with Gasteiger partial charge in [0.05, 0.1) is 0 Å². The number of fused-ring (bicyclic) bond motifs is 5. The molecule has 0 N–H and O–H groups in total. The van der Waals surface area contributed by atoms with E-state index in [1.165, 1.54) is 43.5 Å². The van der Waals surface area contributed by atoms with Gasteiger partial charge in [-0.05, 0) is 61.0 Å². The zero-order valence-electron chi connectivity index (χ0n) is 18.3. The summed E-state index contributed by atoms with van der Waals surface area (Å²) in [5, 5.41) is 5.87. The molecular weight excluding hydrogens is 408 g/mol. The van der Waals surface area contributed by atoms with Crippen molar-refractivity contribution >= 4 is 52.1 Å². The van der Waals surface area contributed by atoms with Crippen LogP contribution in [0.15, 0.2) is 89.8 Å². The quantitative estimate of drug-likeness (QED) is 0.278. The van der Waals surface area contributed by atoms with Crippen LogP contribution in [0.5, 0.6) is 0 Å². The first kappa shape index (κ1) is 19.2. The molecule has 0 nitrogen and oxygen atoms in total. The Morgan fingerprint density at radius 2 is 1.35 bits per heavy atom. The summed E-state index contributed by atoms with van der Waals surface area (Å²) in [5.74, 6) is 1.64. The van der Waals surface area contributed by atoms with Crippen molar-refractivity contribution in [2.24, 2.45) is 5.92 Å². The minimum Gasteiger partial charge on any atom is -0.125 e. The van der Waals surface area contributed by atoms with Gasteiger partial charge in [0.1, 0.15) is 8.07 Å². The maximum atomic E-state index is 2.51. The normalized spacial score (nSPS) is 19.0. The molecule has 31 heavy (non-hydrogen) atoms. The summed E-state index contributed by atoms with van der Waals surface area (Å²) in [6.07, 6.45) is 0. The minimum absolute atomic E-state index is 0.502. The standard InChI is InChI=1S/C29H26SSi/c1-19-18-30-24-17-16-20-10-4-5-11-21(20)29(24)27(19)28-22-12-6-8-14-25(22)31(2,3)26-15-9-7-13-23(26)28/h4-17,19H,18H2,1-3H3. The van der Waals surface area contributed by atoms with Crippen molar-refractivity contribution in [3.8, 4) is 0 Å². The summed E-state index contributed by atoms with van der Waals surface area (Å²) in [6, 6.07) is 32.0. The number of allylic oxidation sites excluding steroid dienone is 1. The zero-order chi connectivity index (χ0) is 21.2. The van der Waals surface area contributed by atoms with E-state index in [0.29, 0.717) is 5.92 Å². The Morgan fingerprint density at radius 1 is 0.742 bits per heavy atom. The molecule has 2 heterocycles. The monoisotopic (exact) mass is 434 g/mol. The highest BCUT2D eigenvalue weighted by Gasteiger charge is 2.39. The van der Waals surface area contributed by atoms with Crippen molar-refractivity contribution in [1.82, 2.24) is 0 Å². The Kier molecular flexibility index (Phi) is 4.31. The number of rotatable bonds is 0. The fourth-order valence-electron chi connectivity index (χ4n) is 5.64. The lowest BCUT2D eigenvalue weighted by Gasteiger charge is -2.38. The Balaban J connectivity index is 1.81. The lowest BCUT2D eigenvalue weighted by molar-refractivity contribution is 0.859. The van der Waals surface area contributed by atoms with Gasteiger partial charge in [0, 0.05) is 10.6 Å². The van der Waals surface area contributed by atoms with Crippen LogP contribution in [0.1, 0.15) is 23.6 Å². The highest BCUT2D eigenvalue weighted by Crippen LogP contribution is 2.49. The fraction of sp³-hybridized carbons (Fsp3) is 0.172. The van der Waals surface area contributed by atoms with Crippen LogP contribution in [0.3, 0.4) is 0 Å². The second-order valence-electron chi connectivity index (χ2n) is 9.38. The molecule has 0 aromatic heterocycles. The van der Waals surface area contributed by atoms with Crippen LogP contribution in [0.25, 0.3) is 21.9 Å². The van der Waals surface area contributed by atoms with Gasteiger partial charge >= 0.3 is 0 Å². The van der Waals surface area contributed by atoms with E-state index in [4.69, 9.17) is 0 Å². The first-order valence-corrected chi connectivity index (χ1v) is 15.1.